The highest BCUT2D eigenvalue weighted by molar-refractivity contribution is 6.30. The molecular formula is C32H40ClN3O6. The zero-order chi connectivity index (χ0) is 30.1. The Balaban J connectivity index is 1.45. The largest absolute Gasteiger partial charge is 0.494 e. The average molecular weight is 598 g/mol. The predicted molar refractivity (Wildman–Crippen MR) is 160 cm³/mol. The average Bonchev–Trinajstić information content (AvgIpc) is 3.47. The zero-order valence-corrected chi connectivity index (χ0v) is 25.2. The number of nitrogens with one attached hydrogen (secondary N) is 2. The van der Waals surface area contributed by atoms with Gasteiger partial charge in [-0.3, -0.25) is 14.4 Å². The van der Waals surface area contributed by atoms with Gasteiger partial charge in [-0.1, -0.05) is 31.4 Å². The summed E-state index contributed by atoms with van der Waals surface area (Å²) >= 11 is 6.05. The third-order valence-electron chi connectivity index (χ3n) is 9.20. The van der Waals surface area contributed by atoms with E-state index in [1.165, 1.54) is 0 Å². The van der Waals surface area contributed by atoms with Crippen LogP contribution in [-0.4, -0.2) is 64.7 Å². The number of hydrogen-bond donors (Lipinski definition) is 3. The van der Waals surface area contributed by atoms with Gasteiger partial charge < -0.3 is 30.1 Å². The minimum absolute atomic E-state index is 0.0621. The smallest absolute Gasteiger partial charge is 0.250 e. The molecule has 10 heteroatoms. The van der Waals surface area contributed by atoms with Crippen molar-refractivity contribution in [2.24, 2.45) is 17.8 Å². The Morgan fingerprint density at radius 2 is 1.64 bits per heavy atom. The van der Waals surface area contributed by atoms with Crippen molar-refractivity contribution < 1.29 is 29.0 Å². The van der Waals surface area contributed by atoms with E-state index in [4.69, 9.17) is 26.2 Å². The molecule has 0 radical (unpaired) electrons. The maximum atomic E-state index is 14.2. The van der Waals surface area contributed by atoms with Crippen LogP contribution in [0.3, 0.4) is 0 Å². The molecule has 6 atom stereocenters. The normalized spacial score (nSPS) is 29.5. The summed E-state index contributed by atoms with van der Waals surface area (Å²) in [5.41, 5.74) is -0.883. The number of halogens is 1. The first kappa shape index (κ1) is 30.3. The van der Waals surface area contributed by atoms with Crippen LogP contribution < -0.4 is 15.4 Å². The molecule has 2 bridgehead atoms. The number of hydrogen-bond acceptors (Lipinski definition) is 6. The summed E-state index contributed by atoms with van der Waals surface area (Å²) in [5.74, 6) is -1.79. The Kier molecular flexibility index (Phi) is 8.83. The van der Waals surface area contributed by atoms with Crippen LogP contribution >= 0.6 is 11.6 Å². The van der Waals surface area contributed by atoms with Gasteiger partial charge in [0.1, 0.15) is 17.4 Å². The third kappa shape index (κ3) is 5.38. The molecule has 3 heterocycles. The number of fused-ring (bicyclic) bond motifs is 1. The van der Waals surface area contributed by atoms with E-state index in [1.807, 2.05) is 20.8 Å². The SMILES string of the molecule is CCOc1ccc(NC(=O)[C@H]2[C@H]3C(=O)N(CCCCCCO)C(C(=O)Nc4ccc(Cl)cc4)C34CC(C)[C@]2(C)O4)cc1. The Morgan fingerprint density at radius 3 is 2.29 bits per heavy atom. The van der Waals surface area contributed by atoms with E-state index in [1.54, 1.807) is 53.4 Å². The molecule has 3 aliphatic heterocycles. The molecule has 0 aliphatic carbocycles. The topological polar surface area (TPSA) is 117 Å². The van der Waals surface area contributed by atoms with Crippen LogP contribution in [0.15, 0.2) is 48.5 Å². The lowest BCUT2D eigenvalue weighted by molar-refractivity contribution is -0.144. The van der Waals surface area contributed by atoms with Crippen molar-refractivity contribution in [2.75, 3.05) is 30.4 Å². The summed E-state index contributed by atoms with van der Waals surface area (Å²) in [6.07, 6.45) is 3.49. The number of carbonyl (C=O) groups is 3. The zero-order valence-electron chi connectivity index (χ0n) is 24.4. The molecule has 226 valence electrons. The van der Waals surface area contributed by atoms with Crippen LogP contribution in [0.2, 0.25) is 5.02 Å². The molecule has 3 amide bonds. The number of unbranched alkanes of at least 4 members (excludes halogenated alkanes) is 3. The highest BCUT2D eigenvalue weighted by Gasteiger charge is 2.79. The Morgan fingerprint density at radius 1 is 1.02 bits per heavy atom. The van der Waals surface area contributed by atoms with Gasteiger partial charge in [-0.05, 0) is 87.6 Å². The van der Waals surface area contributed by atoms with Gasteiger partial charge >= 0.3 is 0 Å². The van der Waals surface area contributed by atoms with Gasteiger partial charge in [0.15, 0.2) is 0 Å². The third-order valence-corrected chi connectivity index (χ3v) is 9.45. The summed E-state index contributed by atoms with van der Waals surface area (Å²) in [7, 11) is 0. The number of aliphatic hydroxyl groups is 1. The Hall–Kier alpha value is -3.14. The lowest BCUT2D eigenvalue weighted by atomic mass is 9.62. The van der Waals surface area contributed by atoms with Gasteiger partial charge in [-0.25, -0.2) is 0 Å². The first-order valence-electron chi connectivity index (χ1n) is 14.9. The van der Waals surface area contributed by atoms with E-state index < -0.39 is 29.1 Å². The van der Waals surface area contributed by atoms with Crippen molar-refractivity contribution in [2.45, 2.75) is 70.1 Å². The van der Waals surface area contributed by atoms with Crippen LogP contribution in [0.25, 0.3) is 0 Å². The second-order valence-corrected chi connectivity index (χ2v) is 12.3. The molecule has 3 N–H and O–H groups in total. The van der Waals surface area contributed by atoms with E-state index in [0.29, 0.717) is 54.6 Å². The summed E-state index contributed by atoms with van der Waals surface area (Å²) in [6, 6.07) is 13.1. The van der Waals surface area contributed by atoms with Crippen LogP contribution in [0, 0.1) is 17.8 Å². The van der Waals surface area contributed by atoms with Crippen LogP contribution in [0.5, 0.6) is 5.75 Å². The molecule has 3 aliphatic rings. The molecule has 0 aromatic heterocycles. The quantitative estimate of drug-likeness (QED) is 0.300. The van der Waals surface area contributed by atoms with Gasteiger partial charge in [0.25, 0.3) is 0 Å². The number of amides is 3. The number of rotatable bonds is 12. The number of nitrogens with zero attached hydrogens (tertiary/aromatic N) is 1. The lowest BCUT2D eigenvalue weighted by Gasteiger charge is -2.36. The van der Waals surface area contributed by atoms with Crippen molar-refractivity contribution in [3.05, 3.63) is 53.6 Å². The maximum Gasteiger partial charge on any atom is 0.250 e. The second kappa shape index (κ2) is 12.2. The fourth-order valence-electron chi connectivity index (χ4n) is 7.19. The highest BCUT2D eigenvalue weighted by Crippen LogP contribution is 2.65. The second-order valence-electron chi connectivity index (χ2n) is 11.8. The van der Waals surface area contributed by atoms with Gasteiger partial charge in [-0.2, -0.15) is 0 Å². The van der Waals surface area contributed by atoms with Gasteiger partial charge in [0.05, 0.1) is 24.0 Å². The van der Waals surface area contributed by atoms with E-state index in [0.717, 1.165) is 12.8 Å². The Bertz CT molecular complexity index is 1300. The Labute approximate surface area is 251 Å². The summed E-state index contributed by atoms with van der Waals surface area (Å²) in [5, 5.41) is 15.7. The van der Waals surface area contributed by atoms with Gasteiger partial charge in [0, 0.05) is 29.5 Å². The molecule has 3 fully saturated rings. The molecule has 9 nitrogen and oxygen atoms in total. The van der Waals surface area contributed by atoms with Crippen LogP contribution in [0.4, 0.5) is 11.4 Å². The fraction of sp³-hybridized carbons (Fsp3) is 0.531. The molecule has 3 unspecified atom stereocenters. The number of anilines is 2. The van der Waals surface area contributed by atoms with E-state index in [2.05, 4.69) is 10.6 Å². The molecular weight excluding hydrogens is 558 g/mol. The van der Waals surface area contributed by atoms with Gasteiger partial charge in [0.2, 0.25) is 17.7 Å². The molecule has 5 rings (SSSR count). The summed E-state index contributed by atoms with van der Waals surface area (Å²) in [6.45, 7) is 6.85. The number of benzene rings is 2. The number of likely N-dealkylation sites (tertiary alicyclic amines) is 1. The first-order valence-corrected chi connectivity index (χ1v) is 15.2. The maximum absolute atomic E-state index is 14.2. The molecule has 2 aromatic rings. The first-order chi connectivity index (χ1) is 20.1. The lowest BCUT2D eigenvalue weighted by Crippen LogP contribution is -2.54. The van der Waals surface area contributed by atoms with Crippen molar-refractivity contribution >= 4 is 40.7 Å². The van der Waals surface area contributed by atoms with Crippen molar-refractivity contribution in [3.63, 3.8) is 0 Å². The van der Waals surface area contributed by atoms with E-state index in [9.17, 15) is 14.4 Å². The van der Waals surface area contributed by atoms with Crippen LogP contribution in [0.1, 0.15) is 52.9 Å². The predicted octanol–water partition coefficient (Wildman–Crippen LogP) is 4.88. The summed E-state index contributed by atoms with van der Waals surface area (Å²) in [4.78, 5) is 43.9. The molecule has 3 saturated heterocycles. The summed E-state index contributed by atoms with van der Waals surface area (Å²) < 4.78 is 12.3. The van der Waals surface area contributed by atoms with Crippen molar-refractivity contribution in [3.8, 4) is 5.75 Å². The number of ether oxygens (including phenoxy) is 2. The highest BCUT2D eigenvalue weighted by atomic mass is 35.5. The monoisotopic (exact) mass is 597 g/mol. The van der Waals surface area contributed by atoms with Crippen molar-refractivity contribution in [1.29, 1.82) is 0 Å². The van der Waals surface area contributed by atoms with Gasteiger partial charge in [-0.15, -0.1) is 0 Å². The minimum Gasteiger partial charge on any atom is -0.494 e. The fourth-order valence-corrected chi connectivity index (χ4v) is 7.32. The van der Waals surface area contributed by atoms with E-state index >= 15 is 0 Å². The minimum atomic E-state index is -1.13. The molecule has 42 heavy (non-hydrogen) atoms. The van der Waals surface area contributed by atoms with Crippen LogP contribution in [-0.2, 0) is 19.1 Å². The number of aliphatic hydroxyl groups excluding tert-OH is 1. The van der Waals surface area contributed by atoms with Crippen molar-refractivity contribution in [1.82, 2.24) is 4.90 Å². The van der Waals surface area contributed by atoms with E-state index in [-0.39, 0.29) is 30.2 Å². The molecule has 1 spiro atoms. The molecule has 2 aromatic carbocycles. The number of carbonyl (C=O) groups excluding carboxylic acids is 3. The standard InChI is InChI=1S/C32H40ClN3O6/c1-4-41-24-15-13-23(14-16-24)34-28(38)25-26-30(40)36(17-7-5-6-8-18-37)27(32(26)19-20(2)31(25,3)42-32)29(39)35-22-11-9-21(33)10-12-22/h9-16,20,25-27,37H,4-8,17-19H2,1-3H3,(H,34,38)(H,35,39)/t20?,25-,26+,27?,31+,32?/m1/s1. The molecule has 0 saturated carbocycles.